The lowest BCUT2D eigenvalue weighted by Gasteiger charge is -2.36. The fourth-order valence-electron chi connectivity index (χ4n) is 4.29. The van der Waals surface area contributed by atoms with Gasteiger partial charge in [-0.15, -0.1) is 0 Å². The molecule has 0 spiro atoms. The Kier molecular flexibility index (Phi) is 6.83. The van der Waals surface area contributed by atoms with Crippen LogP contribution in [0.4, 0.5) is 10.1 Å². The summed E-state index contributed by atoms with van der Waals surface area (Å²) in [5.74, 6) is -0.514. The molecule has 180 valence electrons. The zero-order valence-electron chi connectivity index (χ0n) is 19.9. The predicted molar refractivity (Wildman–Crippen MR) is 131 cm³/mol. The molecule has 1 aromatic heterocycles. The van der Waals surface area contributed by atoms with Crippen LogP contribution in [0.25, 0.3) is 22.3 Å². The SMILES string of the molecule is COc1cc(-c2nc3ccc(N4CCNCC4C)cc3c(=O)n2CC(=O)NC(C)C)ccc1F. The quantitative estimate of drug-likeness (QED) is 0.579. The Morgan fingerprint density at radius 3 is 2.79 bits per heavy atom. The third-order valence-corrected chi connectivity index (χ3v) is 5.93. The van der Waals surface area contributed by atoms with Gasteiger partial charge in [0.05, 0.1) is 18.0 Å². The van der Waals surface area contributed by atoms with Crippen LogP contribution in [0.5, 0.6) is 5.75 Å². The number of anilines is 1. The molecule has 1 amide bonds. The maximum Gasteiger partial charge on any atom is 0.262 e. The van der Waals surface area contributed by atoms with E-state index in [1.807, 2.05) is 32.0 Å². The van der Waals surface area contributed by atoms with E-state index in [0.717, 1.165) is 25.3 Å². The molecule has 1 fully saturated rings. The van der Waals surface area contributed by atoms with Gasteiger partial charge in [-0.1, -0.05) is 0 Å². The smallest absolute Gasteiger partial charge is 0.262 e. The number of halogens is 1. The Morgan fingerprint density at radius 2 is 2.09 bits per heavy atom. The highest BCUT2D eigenvalue weighted by atomic mass is 19.1. The van der Waals surface area contributed by atoms with E-state index < -0.39 is 5.82 Å². The number of hydrogen-bond donors (Lipinski definition) is 2. The molecule has 1 aliphatic heterocycles. The Hall–Kier alpha value is -3.46. The van der Waals surface area contributed by atoms with Crippen LogP contribution >= 0.6 is 0 Å². The number of amides is 1. The second kappa shape index (κ2) is 9.80. The van der Waals surface area contributed by atoms with E-state index in [9.17, 15) is 14.0 Å². The molecule has 3 aromatic rings. The van der Waals surface area contributed by atoms with Crippen LogP contribution in [0.15, 0.2) is 41.2 Å². The van der Waals surface area contributed by atoms with Gasteiger partial charge in [-0.25, -0.2) is 9.37 Å². The van der Waals surface area contributed by atoms with Crippen molar-refractivity contribution >= 4 is 22.5 Å². The number of piperazine rings is 1. The minimum atomic E-state index is -0.520. The first-order valence-electron chi connectivity index (χ1n) is 11.4. The zero-order valence-corrected chi connectivity index (χ0v) is 19.9. The molecule has 0 aliphatic carbocycles. The Labute approximate surface area is 197 Å². The van der Waals surface area contributed by atoms with Gasteiger partial charge >= 0.3 is 0 Å². The summed E-state index contributed by atoms with van der Waals surface area (Å²) in [5, 5.41) is 6.62. The maximum atomic E-state index is 14.0. The van der Waals surface area contributed by atoms with E-state index >= 15 is 0 Å². The fourth-order valence-corrected chi connectivity index (χ4v) is 4.29. The summed E-state index contributed by atoms with van der Waals surface area (Å²) in [6.07, 6.45) is 0. The zero-order chi connectivity index (χ0) is 24.4. The monoisotopic (exact) mass is 467 g/mol. The number of carbonyl (C=O) groups excluding carboxylic acids is 1. The van der Waals surface area contributed by atoms with Crippen molar-refractivity contribution in [1.82, 2.24) is 20.2 Å². The van der Waals surface area contributed by atoms with Crippen molar-refractivity contribution in [2.45, 2.75) is 39.4 Å². The fraction of sp³-hybridized carbons (Fsp3) is 0.400. The molecule has 0 saturated carbocycles. The summed E-state index contributed by atoms with van der Waals surface area (Å²) in [7, 11) is 1.37. The van der Waals surface area contributed by atoms with E-state index in [-0.39, 0.29) is 41.7 Å². The highest BCUT2D eigenvalue weighted by Crippen LogP contribution is 2.27. The number of fused-ring (bicyclic) bond motifs is 1. The van der Waals surface area contributed by atoms with Crippen molar-refractivity contribution in [3.63, 3.8) is 0 Å². The van der Waals surface area contributed by atoms with Gasteiger partial charge in [0.2, 0.25) is 5.91 Å². The van der Waals surface area contributed by atoms with E-state index in [0.29, 0.717) is 16.5 Å². The molecular weight excluding hydrogens is 437 g/mol. The van der Waals surface area contributed by atoms with Crippen LogP contribution in [0, 0.1) is 5.82 Å². The standard InChI is InChI=1S/C25H30FN5O3/c1-15(2)28-23(32)14-31-24(17-5-7-20(26)22(11-17)34-4)29-21-8-6-18(12-19(21)25(31)33)30-10-9-27-13-16(30)3/h5-8,11-12,15-16,27H,9-10,13-14H2,1-4H3,(H,28,32). The van der Waals surface area contributed by atoms with E-state index in [4.69, 9.17) is 9.72 Å². The third kappa shape index (κ3) is 4.75. The Balaban J connectivity index is 1.88. The van der Waals surface area contributed by atoms with E-state index in [2.05, 4.69) is 22.5 Å². The molecule has 2 heterocycles. The van der Waals surface area contributed by atoms with Gasteiger partial charge in [0, 0.05) is 43.0 Å². The first-order valence-corrected chi connectivity index (χ1v) is 11.4. The minimum Gasteiger partial charge on any atom is -0.494 e. The molecule has 1 aliphatic rings. The molecule has 0 radical (unpaired) electrons. The van der Waals surface area contributed by atoms with E-state index in [1.54, 1.807) is 0 Å². The summed E-state index contributed by atoms with van der Waals surface area (Å²) < 4.78 is 20.5. The van der Waals surface area contributed by atoms with Crippen LogP contribution < -0.4 is 25.8 Å². The lowest BCUT2D eigenvalue weighted by molar-refractivity contribution is -0.122. The molecule has 2 aromatic carbocycles. The molecule has 1 saturated heterocycles. The number of nitrogens with zero attached hydrogens (tertiary/aromatic N) is 3. The average Bonchev–Trinajstić information content (AvgIpc) is 2.81. The molecule has 1 unspecified atom stereocenters. The van der Waals surface area contributed by atoms with Gasteiger partial charge in [-0.05, 0) is 57.2 Å². The largest absolute Gasteiger partial charge is 0.494 e. The third-order valence-electron chi connectivity index (χ3n) is 5.93. The van der Waals surface area contributed by atoms with Crippen LogP contribution in [0.3, 0.4) is 0 Å². The summed E-state index contributed by atoms with van der Waals surface area (Å²) in [6, 6.07) is 10.1. The number of rotatable bonds is 6. The number of hydrogen-bond acceptors (Lipinski definition) is 6. The molecule has 4 rings (SSSR count). The van der Waals surface area contributed by atoms with Gasteiger partial charge in [0.1, 0.15) is 12.4 Å². The second-order valence-corrected chi connectivity index (χ2v) is 8.85. The number of methoxy groups -OCH3 is 1. The normalized spacial score (nSPS) is 16.2. The molecular formula is C25H30FN5O3. The lowest BCUT2D eigenvalue weighted by Crippen LogP contribution is -2.49. The number of aromatic nitrogens is 2. The summed E-state index contributed by atoms with van der Waals surface area (Å²) in [6.45, 7) is 8.20. The Morgan fingerprint density at radius 1 is 1.29 bits per heavy atom. The Bertz CT molecular complexity index is 1270. The van der Waals surface area contributed by atoms with Gasteiger partial charge < -0.3 is 20.3 Å². The summed E-state index contributed by atoms with van der Waals surface area (Å²) in [5.41, 5.74) is 1.60. The topological polar surface area (TPSA) is 88.5 Å². The van der Waals surface area contributed by atoms with Gasteiger partial charge in [0.25, 0.3) is 5.56 Å². The lowest BCUT2D eigenvalue weighted by atomic mass is 10.1. The highest BCUT2D eigenvalue weighted by molar-refractivity contribution is 5.85. The highest BCUT2D eigenvalue weighted by Gasteiger charge is 2.21. The number of nitrogens with one attached hydrogen (secondary N) is 2. The van der Waals surface area contributed by atoms with Crippen molar-refractivity contribution in [2.75, 3.05) is 31.6 Å². The van der Waals surface area contributed by atoms with E-state index in [1.165, 1.54) is 29.9 Å². The van der Waals surface area contributed by atoms with Gasteiger partial charge in [-0.2, -0.15) is 0 Å². The molecule has 34 heavy (non-hydrogen) atoms. The predicted octanol–water partition coefficient (Wildman–Crippen LogP) is 2.53. The minimum absolute atomic E-state index is 0.0353. The first kappa shape index (κ1) is 23.7. The van der Waals surface area contributed by atoms with Crippen LogP contribution in [-0.2, 0) is 11.3 Å². The summed E-state index contributed by atoms with van der Waals surface area (Å²) >= 11 is 0. The maximum absolute atomic E-state index is 14.0. The number of benzene rings is 2. The average molecular weight is 468 g/mol. The van der Waals surface area contributed by atoms with Crippen LogP contribution in [0.2, 0.25) is 0 Å². The molecule has 8 nitrogen and oxygen atoms in total. The van der Waals surface area contributed by atoms with Crippen LogP contribution in [0.1, 0.15) is 20.8 Å². The summed E-state index contributed by atoms with van der Waals surface area (Å²) in [4.78, 5) is 33.3. The van der Waals surface area contributed by atoms with Crippen molar-refractivity contribution in [1.29, 1.82) is 0 Å². The number of carbonyl (C=O) groups is 1. The molecule has 0 bridgehead atoms. The van der Waals surface area contributed by atoms with Crippen molar-refractivity contribution in [3.05, 3.63) is 52.6 Å². The van der Waals surface area contributed by atoms with Gasteiger partial charge in [-0.3, -0.25) is 14.2 Å². The molecule has 1 atom stereocenters. The van der Waals surface area contributed by atoms with Gasteiger partial charge in [0.15, 0.2) is 11.6 Å². The second-order valence-electron chi connectivity index (χ2n) is 8.85. The number of ether oxygens (including phenoxy) is 1. The van der Waals surface area contributed by atoms with Crippen molar-refractivity contribution in [3.8, 4) is 17.1 Å². The van der Waals surface area contributed by atoms with Crippen molar-refractivity contribution in [2.24, 2.45) is 0 Å². The van der Waals surface area contributed by atoms with Crippen LogP contribution in [-0.4, -0.2) is 54.3 Å². The van der Waals surface area contributed by atoms with Crippen molar-refractivity contribution < 1.29 is 13.9 Å². The molecule has 2 N–H and O–H groups in total. The molecule has 9 heteroatoms. The first-order chi connectivity index (χ1) is 16.3.